The van der Waals surface area contributed by atoms with Crippen molar-refractivity contribution >= 4 is 28.5 Å². The van der Waals surface area contributed by atoms with E-state index < -0.39 is 0 Å². The third-order valence-corrected chi connectivity index (χ3v) is 3.13. The Morgan fingerprint density at radius 3 is 2.90 bits per heavy atom. The molecule has 21 heavy (non-hydrogen) atoms. The van der Waals surface area contributed by atoms with Gasteiger partial charge in [-0.2, -0.15) is 5.10 Å². The molecule has 0 spiro atoms. The second kappa shape index (κ2) is 5.53. The Morgan fingerprint density at radius 2 is 2.14 bits per heavy atom. The molecule has 0 aromatic carbocycles. The fraction of sp³-hybridized carbons (Fsp3) is 0.231. The first-order valence-corrected chi connectivity index (χ1v) is 6.65. The number of fused-ring (bicyclic) bond motifs is 1. The largest absolute Gasteiger partial charge is 0.484 e. The zero-order valence-electron chi connectivity index (χ0n) is 11.5. The summed E-state index contributed by atoms with van der Waals surface area (Å²) in [5.74, 6) is 1.84. The molecule has 0 saturated carbocycles. The summed E-state index contributed by atoms with van der Waals surface area (Å²) in [5, 5.41) is 8.61. The van der Waals surface area contributed by atoms with Gasteiger partial charge in [-0.05, 0) is 0 Å². The van der Waals surface area contributed by atoms with Crippen LogP contribution in [0.3, 0.4) is 0 Å². The van der Waals surface area contributed by atoms with Crippen LogP contribution in [0.15, 0.2) is 24.7 Å². The lowest BCUT2D eigenvalue weighted by Gasteiger charge is -2.07. The van der Waals surface area contributed by atoms with Crippen LogP contribution in [-0.4, -0.2) is 31.8 Å². The molecule has 0 radical (unpaired) electrons. The van der Waals surface area contributed by atoms with E-state index in [1.165, 1.54) is 0 Å². The van der Waals surface area contributed by atoms with Crippen LogP contribution < -0.4 is 10.1 Å². The molecule has 0 saturated heterocycles. The topological polar surface area (TPSA) is 77.8 Å². The monoisotopic (exact) mass is 304 g/mol. The Kier molecular flexibility index (Phi) is 3.57. The summed E-state index contributed by atoms with van der Waals surface area (Å²) in [6, 6.07) is 1.69. The van der Waals surface area contributed by atoms with Gasteiger partial charge < -0.3 is 10.1 Å². The van der Waals surface area contributed by atoms with Gasteiger partial charge in [0.25, 0.3) is 0 Å². The van der Waals surface area contributed by atoms with Crippen molar-refractivity contribution < 1.29 is 4.74 Å². The van der Waals surface area contributed by atoms with E-state index in [4.69, 9.17) is 16.3 Å². The van der Waals surface area contributed by atoms with Gasteiger partial charge in [-0.3, -0.25) is 9.67 Å². The number of pyridine rings is 1. The highest BCUT2D eigenvalue weighted by atomic mass is 35.5. The highest BCUT2D eigenvalue weighted by Crippen LogP contribution is 2.20. The number of nitrogens with zero attached hydrogens (tertiary/aromatic N) is 5. The van der Waals surface area contributed by atoms with Crippen molar-refractivity contribution in [1.82, 2.24) is 24.7 Å². The Labute approximate surface area is 125 Å². The normalized spacial score (nSPS) is 10.8. The van der Waals surface area contributed by atoms with Gasteiger partial charge in [-0.25, -0.2) is 9.97 Å². The van der Waals surface area contributed by atoms with E-state index in [0.717, 1.165) is 16.9 Å². The van der Waals surface area contributed by atoms with Crippen molar-refractivity contribution in [3.63, 3.8) is 0 Å². The van der Waals surface area contributed by atoms with E-state index in [1.54, 1.807) is 36.4 Å². The van der Waals surface area contributed by atoms with E-state index in [2.05, 4.69) is 25.4 Å². The fourth-order valence-electron chi connectivity index (χ4n) is 1.94. The molecule has 0 amide bonds. The molecule has 0 atom stereocenters. The first-order valence-electron chi connectivity index (χ1n) is 6.27. The Hall–Kier alpha value is -2.41. The highest BCUT2D eigenvalue weighted by Gasteiger charge is 2.11. The molecule has 8 heteroatoms. The number of anilines is 1. The number of hydrogen-bond acceptors (Lipinski definition) is 6. The van der Waals surface area contributed by atoms with E-state index in [-0.39, 0.29) is 6.61 Å². The molecule has 3 aromatic rings. The van der Waals surface area contributed by atoms with Gasteiger partial charge in [0.2, 0.25) is 0 Å². The van der Waals surface area contributed by atoms with Crippen molar-refractivity contribution in [2.45, 2.75) is 6.61 Å². The van der Waals surface area contributed by atoms with Crippen molar-refractivity contribution in [2.75, 3.05) is 12.4 Å². The molecule has 1 N–H and O–H groups in total. The van der Waals surface area contributed by atoms with Crippen molar-refractivity contribution in [2.24, 2.45) is 7.05 Å². The molecule has 0 aliphatic carbocycles. The number of hydrogen-bond donors (Lipinski definition) is 1. The molecule has 0 aliphatic heterocycles. The molecule has 0 unspecified atom stereocenters. The predicted octanol–water partition coefficient (Wildman–Crippen LogP) is 2.03. The summed E-state index contributed by atoms with van der Waals surface area (Å²) in [7, 11) is 3.64. The summed E-state index contributed by atoms with van der Waals surface area (Å²) in [5.41, 5.74) is 0.747. The molecule has 7 nitrogen and oxygen atoms in total. The van der Waals surface area contributed by atoms with Gasteiger partial charge in [0.1, 0.15) is 18.2 Å². The van der Waals surface area contributed by atoms with Crippen LogP contribution in [0, 0.1) is 0 Å². The smallest absolute Gasteiger partial charge is 0.170 e. The molecule has 3 rings (SSSR count). The number of nitrogens with one attached hydrogen (secondary N) is 1. The van der Waals surface area contributed by atoms with E-state index in [1.807, 2.05) is 7.05 Å². The second-order valence-corrected chi connectivity index (χ2v) is 4.81. The van der Waals surface area contributed by atoms with Crippen LogP contribution in [0.2, 0.25) is 5.02 Å². The second-order valence-electron chi connectivity index (χ2n) is 4.37. The van der Waals surface area contributed by atoms with Gasteiger partial charge in [-0.15, -0.1) is 0 Å². The lowest BCUT2D eigenvalue weighted by molar-refractivity contribution is 0.295. The molecular weight excluding hydrogens is 292 g/mol. The minimum Gasteiger partial charge on any atom is -0.484 e. The Bertz CT molecular complexity index is 787. The molecule has 3 aromatic heterocycles. The lowest BCUT2D eigenvalue weighted by Crippen LogP contribution is -2.06. The predicted molar refractivity (Wildman–Crippen MR) is 79.4 cm³/mol. The number of aromatic nitrogens is 5. The summed E-state index contributed by atoms with van der Waals surface area (Å²) < 4.78 is 7.31. The standard InChI is InChI=1S/C13H13ClN6O/c1-15-12-10-6-17-20(2)13(10)19-11(18-12)7-21-9-3-8(14)4-16-5-9/h3-6H,7H2,1-2H3,(H,15,18,19). The first-order chi connectivity index (χ1) is 10.2. The van der Waals surface area contributed by atoms with E-state index in [0.29, 0.717) is 16.6 Å². The highest BCUT2D eigenvalue weighted by molar-refractivity contribution is 6.30. The maximum absolute atomic E-state index is 5.86. The number of rotatable bonds is 4. The van der Waals surface area contributed by atoms with Gasteiger partial charge in [0, 0.05) is 26.4 Å². The van der Waals surface area contributed by atoms with Crippen LogP contribution in [0.4, 0.5) is 5.82 Å². The van der Waals surface area contributed by atoms with Gasteiger partial charge in [0.05, 0.1) is 22.8 Å². The first kappa shape index (κ1) is 13.6. The average Bonchev–Trinajstić information content (AvgIpc) is 2.86. The zero-order valence-corrected chi connectivity index (χ0v) is 12.3. The minimum absolute atomic E-state index is 0.220. The molecule has 0 aliphatic rings. The number of halogens is 1. The Morgan fingerprint density at radius 1 is 1.29 bits per heavy atom. The number of ether oxygens (including phenoxy) is 1. The number of aryl methyl sites for hydroxylation is 1. The molecule has 0 bridgehead atoms. The minimum atomic E-state index is 0.220. The Balaban J connectivity index is 1.88. The van der Waals surface area contributed by atoms with Crippen LogP contribution in [0.1, 0.15) is 5.82 Å². The molecule has 108 valence electrons. The zero-order chi connectivity index (χ0) is 14.8. The third kappa shape index (κ3) is 2.73. The maximum Gasteiger partial charge on any atom is 0.170 e. The summed E-state index contributed by atoms with van der Waals surface area (Å²) >= 11 is 5.86. The van der Waals surface area contributed by atoms with Crippen LogP contribution in [-0.2, 0) is 13.7 Å². The maximum atomic E-state index is 5.86. The van der Waals surface area contributed by atoms with Gasteiger partial charge in [-0.1, -0.05) is 11.6 Å². The van der Waals surface area contributed by atoms with Gasteiger partial charge in [0.15, 0.2) is 11.5 Å². The van der Waals surface area contributed by atoms with Crippen LogP contribution >= 0.6 is 11.6 Å². The molecule has 3 heterocycles. The van der Waals surface area contributed by atoms with Crippen molar-refractivity contribution in [3.05, 3.63) is 35.5 Å². The van der Waals surface area contributed by atoms with Gasteiger partial charge >= 0.3 is 0 Å². The SMILES string of the molecule is CNc1nc(COc2cncc(Cl)c2)nc2c1cnn2C. The summed E-state index contributed by atoms with van der Waals surface area (Å²) in [6.07, 6.45) is 4.87. The van der Waals surface area contributed by atoms with E-state index >= 15 is 0 Å². The van der Waals surface area contributed by atoms with Crippen LogP contribution in [0.5, 0.6) is 5.75 Å². The quantitative estimate of drug-likeness (QED) is 0.794. The lowest BCUT2D eigenvalue weighted by atomic mass is 10.4. The van der Waals surface area contributed by atoms with Crippen molar-refractivity contribution in [1.29, 1.82) is 0 Å². The average molecular weight is 305 g/mol. The third-order valence-electron chi connectivity index (χ3n) is 2.92. The summed E-state index contributed by atoms with van der Waals surface area (Å²) in [4.78, 5) is 12.8. The molecular formula is C13H13ClN6O. The van der Waals surface area contributed by atoms with Crippen LogP contribution in [0.25, 0.3) is 11.0 Å². The van der Waals surface area contributed by atoms with Crippen molar-refractivity contribution in [3.8, 4) is 5.75 Å². The summed E-state index contributed by atoms with van der Waals surface area (Å²) in [6.45, 7) is 0.220. The fourth-order valence-corrected chi connectivity index (χ4v) is 2.11. The molecule has 0 fully saturated rings. The van der Waals surface area contributed by atoms with E-state index in [9.17, 15) is 0 Å².